The summed E-state index contributed by atoms with van der Waals surface area (Å²) in [4.78, 5) is 36.4. The number of carbonyl (C=O) groups is 2. The lowest BCUT2D eigenvalue weighted by atomic mass is 10.1. The molecule has 10 nitrogen and oxygen atoms in total. The Morgan fingerprint density at radius 1 is 1.06 bits per heavy atom. The highest BCUT2D eigenvalue weighted by atomic mass is 32.1. The molecule has 5 rings (SSSR count). The van der Waals surface area contributed by atoms with Crippen molar-refractivity contribution in [2.24, 2.45) is 0 Å². The first-order chi connectivity index (χ1) is 16.4. The van der Waals surface area contributed by atoms with Crippen molar-refractivity contribution in [3.63, 3.8) is 0 Å². The van der Waals surface area contributed by atoms with E-state index in [-0.39, 0.29) is 18.4 Å². The maximum absolute atomic E-state index is 13.5. The molecule has 11 heteroatoms. The van der Waals surface area contributed by atoms with Crippen LogP contribution in [-0.4, -0.2) is 69.6 Å². The van der Waals surface area contributed by atoms with Gasteiger partial charge < -0.3 is 19.3 Å². The van der Waals surface area contributed by atoms with Crippen LogP contribution in [0.15, 0.2) is 33.3 Å². The van der Waals surface area contributed by atoms with Crippen LogP contribution >= 0.6 is 11.3 Å². The highest BCUT2D eigenvalue weighted by Gasteiger charge is 2.27. The minimum Gasteiger partial charge on any atom is -0.360 e. The van der Waals surface area contributed by atoms with Gasteiger partial charge in [0.05, 0.1) is 33.8 Å². The molecule has 4 aromatic heterocycles. The molecule has 1 aliphatic heterocycles. The van der Waals surface area contributed by atoms with Crippen molar-refractivity contribution in [2.75, 3.05) is 38.0 Å². The van der Waals surface area contributed by atoms with E-state index >= 15 is 0 Å². The van der Waals surface area contributed by atoms with Crippen molar-refractivity contribution >= 4 is 40.1 Å². The Morgan fingerprint density at radius 2 is 1.85 bits per heavy atom. The quantitative estimate of drug-likeness (QED) is 0.463. The second kappa shape index (κ2) is 8.99. The molecule has 1 saturated heterocycles. The summed E-state index contributed by atoms with van der Waals surface area (Å²) in [5.41, 5.74) is 2.24. The van der Waals surface area contributed by atoms with Gasteiger partial charge in [-0.25, -0.2) is 4.98 Å². The Kier molecular flexibility index (Phi) is 5.88. The SMILES string of the molecule is Cc1cc(NC(=O)CN2CCN(C(=O)c3cc(-c4ccc(C)s4)nc4onc(C)c34)CC2)no1. The highest BCUT2D eigenvalue weighted by molar-refractivity contribution is 7.15. The van der Waals surface area contributed by atoms with Gasteiger partial charge in [0.15, 0.2) is 5.82 Å². The van der Waals surface area contributed by atoms with Gasteiger partial charge in [0.2, 0.25) is 5.91 Å². The normalized spacial score (nSPS) is 14.6. The van der Waals surface area contributed by atoms with Crippen molar-refractivity contribution in [2.45, 2.75) is 20.8 Å². The third-order valence-electron chi connectivity index (χ3n) is 5.76. The highest BCUT2D eigenvalue weighted by Crippen LogP contribution is 2.31. The molecule has 0 unspecified atom stereocenters. The third-order valence-corrected chi connectivity index (χ3v) is 6.79. The van der Waals surface area contributed by atoms with Gasteiger partial charge in [-0.05, 0) is 39.0 Å². The summed E-state index contributed by atoms with van der Waals surface area (Å²) in [5, 5.41) is 11.2. The monoisotopic (exact) mass is 480 g/mol. The van der Waals surface area contributed by atoms with E-state index < -0.39 is 0 Å². The molecule has 1 N–H and O–H groups in total. The number of aryl methyl sites for hydroxylation is 3. The second-order valence-electron chi connectivity index (χ2n) is 8.35. The molecular formula is C23H24N6O4S. The van der Waals surface area contributed by atoms with Crippen LogP contribution in [0.4, 0.5) is 5.82 Å². The number of thiophene rings is 1. The zero-order valence-corrected chi connectivity index (χ0v) is 19.9. The van der Waals surface area contributed by atoms with Crippen LogP contribution in [0.1, 0.15) is 26.7 Å². The van der Waals surface area contributed by atoms with Crippen LogP contribution in [0.5, 0.6) is 0 Å². The molecule has 1 aliphatic rings. The summed E-state index contributed by atoms with van der Waals surface area (Å²) in [6.45, 7) is 8.03. The lowest BCUT2D eigenvalue weighted by Crippen LogP contribution is -2.50. The van der Waals surface area contributed by atoms with E-state index in [1.807, 2.05) is 36.9 Å². The van der Waals surface area contributed by atoms with Crippen molar-refractivity contribution in [1.82, 2.24) is 25.1 Å². The number of nitrogens with one attached hydrogen (secondary N) is 1. The van der Waals surface area contributed by atoms with Gasteiger partial charge in [-0.15, -0.1) is 11.3 Å². The largest absolute Gasteiger partial charge is 0.360 e. The number of carbonyl (C=O) groups excluding carboxylic acids is 2. The maximum atomic E-state index is 13.5. The van der Waals surface area contributed by atoms with E-state index in [9.17, 15) is 9.59 Å². The van der Waals surface area contributed by atoms with Gasteiger partial charge in [-0.2, -0.15) is 0 Å². The lowest BCUT2D eigenvalue weighted by molar-refractivity contribution is -0.117. The van der Waals surface area contributed by atoms with Crippen LogP contribution in [0.3, 0.4) is 0 Å². The average Bonchev–Trinajstić information content (AvgIpc) is 3.53. The van der Waals surface area contributed by atoms with Gasteiger partial charge in [0.1, 0.15) is 5.76 Å². The molecule has 0 atom stereocenters. The second-order valence-corrected chi connectivity index (χ2v) is 9.64. The third kappa shape index (κ3) is 4.44. The lowest BCUT2D eigenvalue weighted by Gasteiger charge is -2.34. The molecule has 2 amide bonds. The van der Waals surface area contributed by atoms with E-state index in [1.54, 1.807) is 29.2 Å². The number of hydrogen-bond donors (Lipinski definition) is 1. The molecule has 5 heterocycles. The van der Waals surface area contributed by atoms with E-state index in [2.05, 4.69) is 20.6 Å². The zero-order chi connectivity index (χ0) is 23.8. The van der Waals surface area contributed by atoms with Crippen LogP contribution in [0.2, 0.25) is 0 Å². The van der Waals surface area contributed by atoms with Gasteiger partial charge >= 0.3 is 0 Å². The topological polar surface area (TPSA) is 118 Å². The van der Waals surface area contributed by atoms with Gasteiger partial charge in [0, 0.05) is 37.1 Å². The number of aromatic nitrogens is 3. The first-order valence-electron chi connectivity index (χ1n) is 11.0. The van der Waals surface area contributed by atoms with Crippen LogP contribution < -0.4 is 5.32 Å². The fourth-order valence-corrected chi connectivity index (χ4v) is 4.88. The number of pyridine rings is 1. The smallest absolute Gasteiger partial charge is 0.259 e. The molecule has 176 valence electrons. The Balaban J connectivity index is 1.29. The minimum atomic E-state index is -0.167. The molecule has 0 aromatic carbocycles. The van der Waals surface area contributed by atoms with Crippen LogP contribution in [-0.2, 0) is 4.79 Å². The van der Waals surface area contributed by atoms with E-state index in [4.69, 9.17) is 9.05 Å². The maximum Gasteiger partial charge on any atom is 0.259 e. The molecule has 0 saturated carbocycles. The van der Waals surface area contributed by atoms with E-state index in [0.29, 0.717) is 65.8 Å². The summed E-state index contributed by atoms with van der Waals surface area (Å²) in [5.74, 6) is 0.780. The molecule has 0 spiro atoms. The van der Waals surface area contributed by atoms with Crippen LogP contribution in [0.25, 0.3) is 21.7 Å². The van der Waals surface area contributed by atoms with E-state index in [0.717, 1.165) is 9.75 Å². The summed E-state index contributed by atoms with van der Waals surface area (Å²) >= 11 is 1.62. The number of nitrogens with zero attached hydrogens (tertiary/aromatic N) is 5. The summed E-state index contributed by atoms with van der Waals surface area (Å²) in [6, 6.07) is 7.52. The predicted molar refractivity (Wildman–Crippen MR) is 127 cm³/mol. The molecule has 0 aliphatic carbocycles. The molecular weight excluding hydrogens is 456 g/mol. The van der Waals surface area contributed by atoms with Crippen molar-refractivity contribution < 1.29 is 18.6 Å². The van der Waals surface area contributed by atoms with Crippen molar-refractivity contribution in [3.05, 3.63) is 46.2 Å². The minimum absolute atomic E-state index is 0.0876. The summed E-state index contributed by atoms with van der Waals surface area (Å²) in [7, 11) is 0. The first kappa shape index (κ1) is 22.2. The average molecular weight is 481 g/mol. The number of piperazine rings is 1. The molecule has 34 heavy (non-hydrogen) atoms. The number of fused-ring (bicyclic) bond motifs is 1. The fourth-order valence-electron chi connectivity index (χ4n) is 4.05. The molecule has 4 aromatic rings. The van der Waals surface area contributed by atoms with E-state index in [1.165, 1.54) is 0 Å². The number of amides is 2. The van der Waals surface area contributed by atoms with Crippen molar-refractivity contribution in [1.29, 1.82) is 0 Å². The Bertz CT molecular complexity index is 1360. The Hall–Kier alpha value is -3.57. The molecule has 0 bridgehead atoms. The van der Waals surface area contributed by atoms with Gasteiger partial charge in [0.25, 0.3) is 11.6 Å². The van der Waals surface area contributed by atoms with Gasteiger partial charge in [-0.1, -0.05) is 10.3 Å². The number of hydrogen-bond acceptors (Lipinski definition) is 9. The fraction of sp³-hybridized carbons (Fsp3) is 0.348. The molecule has 0 radical (unpaired) electrons. The first-order valence-corrected chi connectivity index (χ1v) is 11.8. The Morgan fingerprint density at radius 3 is 2.53 bits per heavy atom. The molecule has 1 fully saturated rings. The zero-order valence-electron chi connectivity index (χ0n) is 19.1. The van der Waals surface area contributed by atoms with Crippen LogP contribution in [0, 0.1) is 20.8 Å². The number of anilines is 1. The summed E-state index contributed by atoms with van der Waals surface area (Å²) in [6.07, 6.45) is 0. The van der Waals surface area contributed by atoms with Crippen molar-refractivity contribution in [3.8, 4) is 10.6 Å². The summed E-state index contributed by atoms with van der Waals surface area (Å²) < 4.78 is 10.4. The standard InChI is InChI=1S/C23H24N6O4S/c1-13-10-19(27-32-13)25-20(30)12-28-6-8-29(9-7-28)23(31)16-11-17(18-5-4-14(2)34-18)24-22-21(16)15(3)26-33-22/h4-5,10-11H,6-9,12H2,1-3H3,(H,25,27,30). The Labute approximate surface area is 199 Å². The predicted octanol–water partition coefficient (Wildman–Crippen LogP) is 3.26. The number of rotatable bonds is 5. The van der Waals surface area contributed by atoms with Gasteiger partial charge in [-0.3, -0.25) is 14.5 Å².